The number of nitrogens with one attached hydrogen (secondary N) is 1. The first-order valence-electron chi connectivity index (χ1n) is 8.80. The molecule has 0 bridgehead atoms. The van der Waals surface area contributed by atoms with Gasteiger partial charge in [0.1, 0.15) is 6.61 Å². The van der Waals surface area contributed by atoms with Crippen molar-refractivity contribution in [2.24, 2.45) is 0 Å². The molecule has 0 spiro atoms. The predicted molar refractivity (Wildman–Crippen MR) is 111 cm³/mol. The third-order valence-electron chi connectivity index (χ3n) is 4.21. The van der Waals surface area contributed by atoms with Crippen molar-refractivity contribution in [3.8, 4) is 11.5 Å². The number of halogens is 1. The minimum absolute atomic E-state index is 0.490. The normalized spacial score (nSPS) is 10.6. The highest BCUT2D eigenvalue weighted by molar-refractivity contribution is 9.10. The van der Waals surface area contributed by atoms with Gasteiger partial charge in [-0.3, -0.25) is 4.98 Å². The quantitative estimate of drug-likeness (QED) is 0.548. The minimum atomic E-state index is 0.490. The summed E-state index contributed by atoms with van der Waals surface area (Å²) in [5.74, 6) is 1.48. The standard InChI is InChI=1S/C22H23BrN2O2/c1-16-5-3-6-17(11-16)15-27-22-19(20(23)8-9-21(22)26-2)14-25-13-18-7-4-10-24-12-18/h3-12,25H,13-15H2,1-2H3. The van der Waals surface area contributed by atoms with Gasteiger partial charge in [-0.2, -0.15) is 0 Å². The maximum Gasteiger partial charge on any atom is 0.167 e. The summed E-state index contributed by atoms with van der Waals surface area (Å²) >= 11 is 3.65. The van der Waals surface area contributed by atoms with Crippen molar-refractivity contribution in [3.05, 3.63) is 87.7 Å². The van der Waals surface area contributed by atoms with Gasteiger partial charge in [0.25, 0.3) is 0 Å². The second-order valence-electron chi connectivity index (χ2n) is 6.30. The summed E-state index contributed by atoms with van der Waals surface area (Å²) in [6.07, 6.45) is 3.64. The molecule has 0 aliphatic rings. The van der Waals surface area contributed by atoms with Crippen molar-refractivity contribution in [2.75, 3.05) is 7.11 Å². The van der Waals surface area contributed by atoms with Crippen LogP contribution in [-0.4, -0.2) is 12.1 Å². The minimum Gasteiger partial charge on any atom is -0.493 e. The molecule has 5 heteroatoms. The Kier molecular flexibility index (Phi) is 6.85. The largest absolute Gasteiger partial charge is 0.493 e. The van der Waals surface area contributed by atoms with Crippen LogP contribution >= 0.6 is 15.9 Å². The van der Waals surface area contributed by atoms with E-state index in [0.717, 1.165) is 39.2 Å². The monoisotopic (exact) mass is 426 g/mol. The molecule has 0 atom stereocenters. The summed E-state index contributed by atoms with van der Waals surface area (Å²) < 4.78 is 12.7. The Hall–Kier alpha value is -2.37. The van der Waals surface area contributed by atoms with E-state index in [1.807, 2.05) is 30.5 Å². The van der Waals surface area contributed by atoms with Crippen LogP contribution in [0.25, 0.3) is 0 Å². The maximum absolute atomic E-state index is 6.18. The van der Waals surface area contributed by atoms with Crippen LogP contribution in [0.1, 0.15) is 22.3 Å². The van der Waals surface area contributed by atoms with Crippen molar-refractivity contribution in [1.29, 1.82) is 0 Å². The van der Waals surface area contributed by atoms with Crippen molar-refractivity contribution in [2.45, 2.75) is 26.6 Å². The van der Waals surface area contributed by atoms with Crippen molar-refractivity contribution in [1.82, 2.24) is 10.3 Å². The molecule has 0 aliphatic heterocycles. The second-order valence-corrected chi connectivity index (χ2v) is 7.15. The number of ether oxygens (including phenoxy) is 2. The smallest absolute Gasteiger partial charge is 0.167 e. The molecule has 2 aromatic carbocycles. The van der Waals surface area contributed by atoms with Gasteiger partial charge in [0.2, 0.25) is 0 Å². The molecular weight excluding hydrogens is 404 g/mol. The average Bonchev–Trinajstić information content (AvgIpc) is 2.69. The molecule has 0 fully saturated rings. The highest BCUT2D eigenvalue weighted by Crippen LogP contribution is 2.36. The van der Waals surface area contributed by atoms with Crippen LogP contribution in [0.4, 0.5) is 0 Å². The van der Waals surface area contributed by atoms with E-state index in [9.17, 15) is 0 Å². The van der Waals surface area contributed by atoms with Crippen molar-refractivity contribution >= 4 is 15.9 Å². The number of aryl methyl sites for hydroxylation is 1. The number of nitrogens with zero attached hydrogens (tertiary/aromatic N) is 1. The number of aromatic nitrogens is 1. The lowest BCUT2D eigenvalue weighted by Gasteiger charge is -2.17. The van der Waals surface area contributed by atoms with E-state index in [1.165, 1.54) is 5.56 Å². The second kappa shape index (κ2) is 9.53. The Bertz CT molecular complexity index is 885. The number of methoxy groups -OCH3 is 1. The van der Waals surface area contributed by atoms with Gasteiger partial charge in [0.05, 0.1) is 7.11 Å². The molecule has 3 aromatic rings. The fraction of sp³-hybridized carbons (Fsp3) is 0.227. The van der Waals surface area contributed by atoms with Gasteiger partial charge in [-0.1, -0.05) is 51.8 Å². The lowest BCUT2D eigenvalue weighted by atomic mass is 10.1. The average molecular weight is 427 g/mol. The molecule has 0 saturated carbocycles. The van der Waals surface area contributed by atoms with Crippen molar-refractivity contribution in [3.63, 3.8) is 0 Å². The zero-order valence-corrected chi connectivity index (χ0v) is 17.1. The van der Waals surface area contributed by atoms with Crippen LogP contribution in [0.5, 0.6) is 11.5 Å². The van der Waals surface area contributed by atoms with Gasteiger partial charge in [0, 0.05) is 35.5 Å². The first kappa shape index (κ1) is 19.4. The van der Waals surface area contributed by atoms with E-state index in [1.54, 1.807) is 13.3 Å². The summed E-state index contributed by atoms with van der Waals surface area (Å²) in [6, 6.07) is 16.2. The molecule has 140 valence electrons. The topological polar surface area (TPSA) is 43.4 Å². The van der Waals surface area contributed by atoms with E-state index in [2.05, 4.69) is 57.4 Å². The Morgan fingerprint density at radius 1 is 1.04 bits per heavy atom. The van der Waals surface area contributed by atoms with Crippen LogP contribution in [0, 0.1) is 6.92 Å². The SMILES string of the molecule is COc1ccc(Br)c(CNCc2cccnc2)c1OCc1cccc(C)c1. The third kappa shape index (κ3) is 5.31. The van der Waals surface area contributed by atoms with Gasteiger partial charge in [-0.25, -0.2) is 0 Å². The zero-order chi connectivity index (χ0) is 19.1. The maximum atomic E-state index is 6.18. The summed E-state index contributed by atoms with van der Waals surface area (Å²) in [5.41, 5.74) is 4.52. The molecule has 0 aliphatic carbocycles. The number of hydrogen-bond donors (Lipinski definition) is 1. The summed E-state index contributed by atoms with van der Waals surface area (Å²) in [5, 5.41) is 3.45. The molecule has 3 rings (SSSR count). The molecule has 4 nitrogen and oxygen atoms in total. The van der Waals surface area contributed by atoms with Crippen LogP contribution in [0.15, 0.2) is 65.4 Å². The molecule has 0 saturated heterocycles. The Morgan fingerprint density at radius 3 is 2.63 bits per heavy atom. The van der Waals surface area contributed by atoms with Crippen LogP contribution in [0.2, 0.25) is 0 Å². The third-order valence-corrected chi connectivity index (χ3v) is 4.95. The Balaban J connectivity index is 1.75. The molecule has 0 unspecified atom stereocenters. The highest BCUT2D eigenvalue weighted by atomic mass is 79.9. The van der Waals surface area contributed by atoms with E-state index >= 15 is 0 Å². The van der Waals surface area contributed by atoms with Gasteiger partial charge >= 0.3 is 0 Å². The molecule has 1 heterocycles. The number of pyridine rings is 1. The van der Waals surface area contributed by atoms with E-state index < -0.39 is 0 Å². The number of rotatable bonds is 8. The van der Waals surface area contributed by atoms with E-state index in [4.69, 9.17) is 9.47 Å². The summed E-state index contributed by atoms with van der Waals surface area (Å²) in [6.45, 7) is 3.95. The van der Waals surface area contributed by atoms with Gasteiger partial charge in [0.15, 0.2) is 11.5 Å². The zero-order valence-electron chi connectivity index (χ0n) is 15.5. The fourth-order valence-corrected chi connectivity index (χ4v) is 3.31. The fourth-order valence-electron chi connectivity index (χ4n) is 2.86. The van der Waals surface area contributed by atoms with Gasteiger partial charge in [-0.15, -0.1) is 0 Å². The predicted octanol–water partition coefficient (Wildman–Crippen LogP) is 5.03. The molecule has 0 amide bonds. The highest BCUT2D eigenvalue weighted by Gasteiger charge is 2.15. The van der Waals surface area contributed by atoms with Crippen molar-refractivity contribution < 1.29 is 9.47 Å². The van der Waals surface area contributed by atoms with E-state index in [0.29, 0.717) is 13.2 Å². The summed E-state index contributed by atoms with van der Waals surface area (Å²) in [7, 11) is 1.66. The molecule has 1 N–H and O–H groups in total. The molecule has 1 aromatic heterocycles. The van der Waals surface area contributed by atoms with E-state index in [-0.39, 0.29) is 0 Å². The van der Waals surface area contributed by atoms with Crippen LogP contribution < -0.4 is 14.8 Å². The number of hydrogen-bond acceptors (Lipinski definition) is 4. The molecule has 0 radical (unpaired) electrons. The van der Waals surface area contributed by atoms with Crippen LogP contribution in [-0.2, 0) is 19.7 Å². The Labute approximate surface area is 168 Å². The molecule has 27 heavy (non-hydrogen) atoms. The van der Waals surface area contributed by atoms with Gasteiger partial charge in [-0.05, 0) is 36.2 Å². The van der Waals surface area contributed by atoms with Crippen LogP contribution in [0.3, 0.4) is 0 Å². The number of benzene rings is 2. The first-order valence-corrected chi connectivity index (χ1v) is 9.60. The Morgan fingerprint density at radius 2 is 1.89 bits per heavy atom. The lowest BCUT2D eigenvalue weighted by molar-refractivity contribution is 0.280. The molecular formula is C22H23BrN2O2. The first-order chi connectivity index (χ1) is 13.2. The lowest BCUT2D eigenvalue weighted by Crippen LogP contribution is -2.14. The van der Waals surface area contributed by atoms with Gasteiger partial charge < -0.3 is 14.8 Å². The summed E-state index contributed by atoms with van der Waals surface area (Å²) in [4.78, 5) is 4.15.